The molecule has 0 aromatic carbocycles. The number of halogens is 1. The molecule has 1 saturated carbocycles. The summed E-state index contributed by atoms with van der Waals surface area (Å²) >= 11 is 0. The first-order valence-electron chi connectivity index (χ1n) is 6.25. The van der Waals surface area contributed by atoms with E-state index < -0.39 is 24.2 Å². The van der Waals surface area contributed by atoms with Crippen molar-refractivity contribution in [3.8, 4) is 0 Å². The second-order valence-corrected chi connectivity index (χ2v) is 4.97. The smallest absolute Gasteiger partial charge is 0.162 e. The maximum atomic E-state index is 14.3. The Morgan fingerprint density at radius 2 is 2.20 bits per heavy atom. The van der Waals surface area contributed by atoms with E-state index in [0.717, 1.165) is 0 Å². The predicted molar refractivity (Wildman–Crippen MR) is 71.6 cm³/mol. The summed E-state index contributed by atoms with van der Waals surface area (Å²) in [6.45, 7) is 3.46. The van der Waals surface area contributed by atoms with Crippen molar-refractivity contribution in [2.24, 2.45) is 5.92 Å². The molecule has 6 nitrogen and oxygen atoms in total. The number of nitrogens with zero attached hydrogens (tertiary/aromatic N) is 3. The number of rotatable bonds is 2. The van der Waals surface area contributed by atoms with Crippen molar-refractivity contribution in [3.63, 3.8) is 0 Å². The third kappa shape index (κ3) is 1.63. The van der Waals surface area contributed by atoms with Crippen molar-refractivity contribution in [1.82, 2.24) is 14.5 Å². The van der Waals surface area contributed by atoms with E-state index in [-0.39, 0.29) is 6.61 Å². The molecule has 0 aliphatic heterocycles. The van der Waals surface area contributed by atoms with Crippen LogP contribution in [0.15, 0.2) is 30.7 Å². The van der Waals surface area contributed by atoms with E-state index >= 15 is 0 Å². The number of imidazole rings is 1. The molecule has 4 N–H and O–H groups in total. The minimum atomic E-state index is -1.57. The third-order valence-corrected chi connectivity index (χ3v) is 3.88. The Morgan fingerprint density at radius 1 is 1.45 bits per heavy atom. The molecule has 0 saturated heterocycles. The number of pyridine rings is 1. The molecule has 0 spiro atoms. The van der Waals surface area contributed by atoms with Crippen LogP contribution >= 0.6 is 0 Å². The van der Waals surface area contributed by atoms with Gasteiger partial charge in [0.25, 0.3) is 0 Å². The maximum absolute atomic E-state index is 14.3. The van der Waals surface area contributed by atoms with Crippen LogP contribution < -0.4 is 5.73 Å². The predicted octanol–water partition coefficient (Wildman–Crippen LogP) is 0.432. The van der Waals surface area contributed by atoms with Gasteiger partial charge in [0, 0.05) is 12.1 Å². The number of aromatic nitrogens is 3. The molecule has 7 heteroatoms. The van der Waals surface area contributed by atoms with Crippen LogP contribution in [-0.4, -0.2) is 43.6 Å². The highest BCUT2D eigenvalue weighted by Gasteiger charge is 2.47. The van der Waals surface area contributed by atoms with Gasteiger partial charge in [0.2, 0.25) is 0 Å². The van der Waals surface area contributed by atoms with E-state index in [0.29, 0.717) is 22.4 Å². The normalized spacial score (nSPS) is 30.2. The molecule has 2 aromatic rings. The Labute approximate surface area is 114 Å². The molecule has 20 heavy (non-hydrogen) atoms. The third-order valence-electron chi connectivity index (χ3n) is 3.88. The quantitative estimate of drug-likeness (QED) is 0.692. The Balaban J connectivity index is 2.12. The second kappa shape index (κ2) is 4.53. The SMILES string of the molecule is C=C1[C@@H](n2cnc3c(N)ccnc32)C(F)[C@H](O)[C@H]1CO. The van der Waals surface area contributed by atoms with Gasteiger partial charge >= 0.3 is 0 Å². The number of nitrogens with two attached hydrogens (primary N) is 1. The number of hydrogen-bond acceptors (Lipinski definition) is 5. The first kappa shape index (κ1) is 13.0. The fraction of sp³-hybridized carbons (Fsp3) is 0.385. The number of aliphatic hydroxyl groups is 2. The largest absolute Gasteiger partial charge is 0.397 e. The lowest BCUT2D eigenvalue weighted by Crippen LogP contribution is -2.26. The van der Waals surface area contributed by atoms with E-state index in [1.807, 2.05) is 0 Å². The number of fused-ring (bicyclic) bond motifs is 1. The molecule has 1 fully saturated rings. The number of alkyl halides is 1. The minimum absolute atomic E-state index is 0.348. The lowest BCUT2D eigenvalue weighted by atomic mass is 10.0. The molecule has 0 bridgehead atoms. The van der Waals surface area contributed by atoms with Gasteiger partial charge in [-0.1, -0.05) is 6.58 Å². The maximum Gasteiger partial charge on any atom is 0.162 e. The van der Waals surface area contributed by atoms with Gasteiger partial charge in [-0.3, -0.25) is 0 Å². The second-order valence-electron chi connectivity index (χ2n) is 4.97. The van der Waals surface area contributed by atoms with E-state index in [2.05, 4.69) is 16.5 Å². The average Bonchev–Trinajstić information content (AvgIpc) is 2.92. The molecule has 2 aromatic heterocycles. The minimum Gasteiger partial charge on any atom is -0.397 e. The molecule has 0 amide bonds. The van der Waals surface area contributed by atoms with Crippen LogP contribution in [0.3, 0.4) is 0 Å². The molecule has 1 unspecified atom stereocenters. The van der Waals surface area contributed by atoms with Crippen LogP contribution in [0.2, 0.25) is 0 Å². The number of anilines is 1. The van der Waals surface area contributed by atoms with E-state index in [1.54, 1.807) is 6.07 Å². The number of nitrogen functional groups attached to an aromatic ring is 1. The summed E-state index contributed by atoms with van der Waals surface area (Å²) in [5.74, 6) is -0.687. The standard InChI is InChI=1S/C13H15FN4O2/c1-6-7(4-19)12(20)9(14)11(6)18-5-17-10-8(15)2-3-16-13(10)18/h2-3,5,7,9,11-12,19-20H,1,4H2,(H2,15,16)/t7-,9?,11+,12+/m0/s1. The zero-order valence-electron chi connectivity index (χ0n) is 10.6. The van der Waals surface area contributed by atoms with Gasteiger partial charge in [0.1, 0.15) is 5.52 Å². The zero-order chi connectivity index (χ0) is 14.4. The molecule has 3 rings (SSSR count). The van der Waals surface area contributed by atoms with Crippen LogP contribution in [0.1, 0.15) is 6.04 Å². The molecule has 1 aliphatic rings. The molecule has 0 radical (unpaired) electrons. The van der Waals surface area contributed by atoms with Gasteiger partial charge in [-0.05, 0) is 11.6 Å². The van der Waals surface area contributed by atoms with Gasteiger partial charge in [-0.2, -0.15) is 0 Å². The Morgan fingerprint density at radius 3 is 2.85 bits per heavy atom. The Hall–Kier alpha value is -1.99. The van der Waals surface area contributed by atoms with E-state index in [9.17, 15) is 14.6 Å². The fourth-order valence-corrected chi connectivity index (χ4v) is 2.77. The molecule has 4 atom stereocenters. The van der Waals surface area contributed by atoms with Gasteiger partial charge < -0.3 is 20.5 Å². The summed E-state index contributed by atoms with van der Waals surface area (Å²) in [6.07, 6.45) is 0.0974. The Bertz CT molecular complexity index is 671. The first-order chi connectivity index (χ1) is 9.56. The first-order valence-corrected chi connectivity index (χ1v) is 6.25. The van der Waals surface area contributed by atoms with Crippen LogP contribution in [0.5, 0.6) is 0 Å². The van der Waals surface area contributed by atoms with Gasteiger partial charge in [0.05, 0.1) is 30.8 Å². The monoisotopic (exact) mass is 278 g/mol. The highest BCUT2D eigenvalue weighted by atomic mass is 19.1. The lowest BCUT2D eigenvalue weighted by Gasteiger charge is -2.17. The highest BCUT2D eigenvalue weighted by Crippen LogP contribution is 2.42. The molecular weight excluding hydrogens is 263 g/mol. The Kier molecular flexibility index (Phi) is 2.95. The van der Waals surface area contributed by atoms with Crippen molar-refractivity contribution in [2.75, 3.05) is 12.3 Å². The summed E-state index contributed by atoms with van der Waals surface area (Å²) < 4.78 is 15.8. The summed E-state index contributed by atoms with van der Waals surface area (Å²) in [4.78, 5) is 8.29. The summed E-state index contributed by atoms with van der Waals surface area (Å²) in [5, 5.41) is 19.1. The summed E-state index contributed by atoms with van der Waals surface area (Å²) in [5.41, 5.74) is 7.59. The van der Waals surface area contributed by atoms with Crippen molar-refractivity contribution >= 4 is 16.9 Å². The van der Waals surface area contributed by atoms with Crippen LogP contribution in [-0.2, 0) is 0 Å². The highest BCUT2D eigenvalue weighted by molar-refractivity contribution is 5.83. The van der Waals surface area contributed by atoms with Gasteiger partial charge in [-0.25, -0.2) is 14.4 Å². The summed E-state index contributed by atoms with van der Waals surface area (Å²) in [6, 6.07) is 0.808. The molecule has 106 valence electrons. The number of aliphatic hydroxyl groups excluding tert-OH is 2. The van der Waals surface area contributed by atoms with Gasteiger partial charge in [0.15, 0.2) is 11.8 Å². The van der Waals surface area contributed by atoms with E-state index in [1.165, 1.54) is 17.1 Å². The molecule has 1 aliphatic carbocycles. The van der Waals surface area contributed by atoms with Crippen LogP contribution in [0, 0.1) is 5.92 Å². The van der Waals surface area contributed by atoms with Crippen molar-refractivity contribution in [1.29, 1.82) is 0 Å². The average molecular weight is 278 g/mol. The zero-order valence-corrected chi connectivity index (χ0v) is 10.6. The number of hydrogen-bond donors (Lipinski definition) is 3. The lowest BCUT2D eigenvalue weighted by molar-refractivity contribution is 0.0426. The topological polar surface area (TPSA) is 97.2 Å². The molecular formula is C13H15FN4O2. The van der Waals surface area contributed by atoms with Crippen molar-refractivity contribution in [3.05, 3.63) is 30.7 Å². The van der Waals surface area contributed by atoms with Gasteiger partial charge in [-0.15, -0.1) is 0 Å². The molecule has 2 heterocycles. The summed E-state index contributed by atoms with van der Waals surface area (Å²) in [7, 11) is 0. The van der Waals surface area contributed by atoms with E-state index in [4.69, 9.17) is 5.73 Å². The van der Waals surface area contributed by atoms with Crippen LogP contribution in [0.25, 0.3) is 11.2 Å². The fourth-order valence-electron chi connectivity index (χ4n) is 2.77. The van der Waals surface area contributed by atoms with Crippen LogP contribution in [0.4, 0.5) is 10.1 Å². The van der Waals surface area contributed by atoms with Crippen molar-refractivity contribution in [2.45, 2.75) is 18.3 Å². The van der Waals surface area contributed by atoms with Crippen molar-refractivity contribution < 1.29 is 14.6 Å².